The molecule has 1 aliphatic heterocycles. The normalized spacial score (nSPS) is 38.7. The fraction of sp³-hybridized carbons (Fsp3) is 1.00. The molecule has 1 N–H and O–H groups in total. The Hall–Kier alpha value is 0.270. The standard InChI is InChI=1S/C16H30N2S/c1-19-16-9-5-8-15(16)18-11-10-17-14(12-18)13-6-3-2-4-7-13/h13-17H,2-12H2,1H3. The molecule has 3 heteroatoms. The van der Waals surface area contributed by atoms with Gasteiger partial charge in [-0.05, 0) is 37.9 Å². The molecule has 3 aliphatic rings. The minimum absolute atomic E-state index is 0.789. The van der Waals surface area contributed by atoms with Crippen LogP contribution in [0.25, 0.3) is 0 Å². The number of nitrogens with one attached hydrogen (secondary N) is 1. The number of hydrogen-bond acceptors (Lipinski definition) is 3. The summed E-state index contributed by atoms with van der Waals surface area (Å²) < 4.78 is 0. The van der Waals surface area contributed by atoms with Crippen molar-refractivity contribution in [2.24, 2.45) is 5.92 Å². The monoisotopic (exact) mass is 282 g/mol. The highest BCUT2D eigenvalue weighted by Gasteiger charge is 2.36. The number of rotatable bonds is 3. The average molecular weight is 282 g/mol. The molecule has 110 valence electrons. The Kier molecular flexibility index (Phi) is 5.10. The predicted octanol–water partition coefficient (Wildman–Crippen LogP) is 3.12. The number of piperazine rings is 1. The highest BCUT2D eigenvalue weighted by atomic mass is 32.2. The van der Waals surface area contributed by atoms with E-state index in [4.69, 9.17) is 0 Å². The van der Waals surface area contributed by atoms with E-state index in [0.717, 1.165) is 23.3 Å². The summed E-state index contributed by atoms with van der Waals surface area (Å²) in [4.78, 5) is 2.84. The molecule has 0 bridgehead atoms. The zero-order valence-electron chi connectivity index (χ0n) is 12.4. The van der Waals surface area contributed by atoms with E-state index < -0.39 is 0 Å². The third kappa shape index (κ3) is 3.30. The van der Waals surface area contributed by atoms with Crippen molar-refractivity contribution in [1.29, 1.82) is 0 Å². The van der Waals surface area contributed by atoms with Crippen LogP contribution in [0.1, 0.15) is 51.4 Å². The first kappa shape index (κ1) is 14.2. The van der Waals surface area contributed by atoms with Gasteiger partial charge in [-0.25, -0.2) is 0 Å². The summed E-state index contributed by atoms with van der Waals surface area (Å²) in [6, 6.07) is 1.67. The van der Waals surface area contributed by atoms with Gasteiger partial charge in [0.05, 0.1) is 0 Å². The van der Waals surface area contributed by atoms with E-state index >= 15 is 0 Å². The van der Waals surface area contributed by atoms with Crippen LogP contribution in [0.3, 0.4) is 0 Å². The van der Waals surface area contributed by atoms with Gasteiger partial charge >= 0.3 is 0 Å². The second-order valence-electron chi connectivity index (χ2n) is 6.73. The topological polar surface area (TPSA) is 15.3 Å². The first-order valence-corrected chi connectivity index (χ1v) is 9.67. The van der Waals surface area contributed by atoms with Gasteiger partial charge in [0.25, 0.3) is 0 Å². The summed E-state index contributed by atoms with van der Waals surface area (Å²) in [5.41, 5.74) is 0. The average Bonchev–Trinajstić information content (AvgIpc) is 2.97. The Morgan fingerprint density at radius 1 is 1.00 bits per heavy atom. The molecule has 2 aliphatic carbocycles. The molecule has 3 rings (SSSR count). The number of thioether (sulfide) groups is 1. The van der Waals surface area contributed by atoms with Gasteiger partial charge in [0.15, 0.2) is 0 Å². The molecular weight excluding hydrogens is 252 g/mol. The molecule has 1 heterocycles. The van der Waals surface area contributed by atoms with Crippen LogP contribution in [0.15, 0.2) is 0 Å². The second-order valence-corrected chi connectivity index (χ2v) is 7.80. The highest BCUT2D eigenvalue weighted by Crippen LogP contribution is 2.34. The van der Waals surface area contributed by atoms with Crippen molar-refractivity contribution in [3.63, 3.8) is 0 Å². The van der Waals surface area contributed by atoms with Crippen LogP contribution in [0, 0.1) is 5.92 Å². The van der Waals surface area contributed by atoms with Gasteiger partial charge in [0.2, 0.25) is 0 Å². The Morgan fingerprint density at radius 2 is 1.84 bits per heavy atom. The third-order valence-electron chi connectivity index (χ3n) is 5.65. The molecule has 0 aromatic carbocycles. The predicted molar refractivity (Wildman–Crippen MR) is 84.9 cm³/mol. The van der Waals surface area contributed by atoms with E-state index in [-0.39, 0.29) is 0 Å². The van der Waals surface area contributed by atoms with Crippen LogP contribution >= 0.6 is 11.8 Å². The summed E-state index contributed by atoms with van der Waals surface area (Å²) in [7, 11) is 0. The molecule has 0 aromatic heterocycles. The summed E-state index contributed by atoms with van der Waals surface area (Å²) in [6.07, 6.45) is 14.0. The molecule has 19 heavy (non-hydrogen) atoms. The first-order chi connectivity index (χ1) is 9.38. The lowest BCUT2D eigenvalue weighted by Crippen LogP contribution is -2.57. The molecule has 3 unspecified atom stereocenters. The van der Waals surface area contributed by atoms with E-state index in [2.05, 4.69) is 28.2 Å². The van der Waals surface area contributed by atoms with Crippen LogP contribution in [0.2, 0.25) is 0 Å². The quantitative estimate of drug-likeness (QED) is 0.856. The lowest BCUT2D eigenvalue weighted by atomic mass is 9.83. The second kappa shape index (κ2) is 6.82. The van der Waals surface area contributed by atoms with Crippen molar-refractivity contribution in [2.45, 2.75) is 68.7 Å². The third-order valence-corrected chi connectivity index (χ3v) is 6.80. The Balaban J connectivity index is 1.57. The van der Waals surface area contributed by atoms with Gasteiger partial charge in [-0.2, -0.15) is 11.8 Å². The first-order valence-electron chi connectivity index (χ1n) is 8.38. The molecular formula is C16H30N2S. The van der Waals surface area contributed by atoms with Crippen LogP contribution in [0.4, 0.5) is 0 Å². The highest BCUT2D eigenvalue weighted by molar-refractivity contribution is 7.99. The molecule has 3 atom stereocenters. The van der Waals surface area contributed by atoms with Crippen molar-refractivity contribution in [3.8, 4) is 0 Å². The van der Waals surface area contributed by atoms with Crippen molar-refractivity contribution in [1.82, 2.24) is 10.2 Å². The molecule has 0 amide bonds. The van der Waals surface area contributed by atoms with Crippen LogP contribution in [-0.4, -0.2) is 48.1 Å². The van der Waals surface area contributed by atoms with Gasteiger partial charge in [0.1, 0.15) is 0 Å². The maximum Gasteiger partial charge on any atom is 0.0223 e. The van der Waals surface area contributed by atoms with Crippen LogP contribution in [0.5, 0.6) is 0 Å². The van der Waals surface area contributed by atoms with E-state index in [0.29, 0.717) is 0 Å². The van der Waals surface area contributed by atoms with Gasteiger partial charge in [-0.1, -0.05) is 25.7 Å². The van der Waals surface area contributed by atoms with Crippen molar-refractivity contribution < 1.29 is 0 Å². The van der Waals surface area contributed by atoms with Crippen molar-refractivity contribution in [2.75, 3.05) is 25.9 Å². The van der Waals surface area contributed by atoms with E-state index in [1.165, 1.54) is 71.0 Å². The van der Waals surface area contributed by atoms with Gasteiger partial charge < -0.3 is 5.32 Å². The fourth-order valence-corrected chi connectivity index (χ4v) is 5.58. The van der Waals surface area contributed by atoms with Gasteiger partial charge in [-0.15, -0.1) is 0 Å². The Labute approximate surface area is 123 Å². The van der Waals surface area contributed by atoms with Gasteiger partial charge in [-0.3, -0.25) is 4.90 Å². The summed E-state index contributed by atoms with van der Waals surface area (Å²) >= 11 is 2.11. The Morgan fingerprint density at radius 3 is 2.63 bits per heavy atom. The van der Waals surface area contributed by atoms with E-state index in [9.17, 15) is 0 Å². The minimum Gasteiger partial charge on any atom is -0.311 e. The van der Waals surface area contributed by atoms with Crippen LogP contribution in [-0.2, 0) is 0 Å². The van der Waals surface area contributed by atoms with E-state index in [1.54, 1.807) is 0 Å². The summed E-state index contributed by atoms with van der Waals surface area (Å²) in [5, 5.41) is 4.73. The molecule has 0 spiro atoms. The fourth-order valence-electron chi connectivity index (χ4n) is 4.55. The zero-order chi connectivity index (χ0) is 13.1. The smallest absolute Gasteiger partial charge is 0.0223 e. The molecule has 0 radical (unpaired) electrons. The molecule has 2 saturated carbocycles. The van der Waals surface area contributed by atoms with Crippen molar-refractivity contribution >= 4 is 11.8 Å². The van der Waals surface area contributed by atoms with Crippen molar-refractivity contribution in [3.05, 3.63) is 0 Å². The minimum atomic E-state index is 0.789. The molecule has 2 nitrogen and oxygen atoms in total. The Bertz CT molecular complexity index is 278. The maximum atomic E-state index is 3.83. The van der Waals surface area contributed by atoms with Crippen LogP contribution < -0.4 is 5.32 Å². The molecule has 0 aromatic rings. The van der Waals surface area contributed by atoms with E-state index in [1.807, 2.05) is 0 Å². The molecule has 3 fully saturated rings. The number of nitrogens with zero attached hydrogens (tertiary/aromatic N) is 1. The van der Waals surface area contributed by atoms with Gasteiger partial charge in [0, 0.05) is 37.0 Å². The molecule has 1 saturated heterocycles. The number of hydrogen-bond donors (Lipinski definition) is 1. The SMILES string of the molecule is CSC1CCCC1N1CCNC(C2CCCCC2)C1. The lowest BCUT2D eigenvalue weighted by Gasteiger charge is -2.43. The maximum absolute atomic E-state index is 3.83. The largest absolute Gasteiger partial charge is 0.311 e. The summed E-state index contributed by atoms with van der Waals surface area (Å²) in [5.74, 6) is 0.964. The zero-order valence-corrected chi connectivity index (χ0v) is 13.3. The summed E-state index contributed by atoms with van der Waals surface area (Å²) in [6.45, 7) is 3.83. The lowest BCUT2D eigenvalue weighted by molar-refractivity contribution is 0.112.